The molecule has 15 heavy (non-hydrogen) atoms. The average molecular weight is 292 g/mol. The van der Waals surface area contributed by atoms with Crippen molar-refractivity contribution in [2.75, 3.05) is 6.54 Å². The number of nitrogens with two attached hydrogens (primary N) is 1. The second-order valence-electron chi connectivity index (χ2n) is 2.71. The van der Waals surface area contributed by atoms with Crippen molar-refractivity contribution in [1.82, 2.24) is 10.6 Å². The van der Waals surface area contributed by atoms with E-state index in [0.29, 0.717) is 6.54 Å². The Hall–Kier alpha value is -0.920. The fourth-order valence-corrected chi connectivity index (χ4v) is 2.38. The second kappa shape index (κ2) is 5.84. The largest absolute Gasteiger partial charge is 0.351 e. The van der Waals surface area contributed by atoms with Crippen molar-refractivity contribution >= 4 is 39.2 Å². The van der Waals surface area contributed by atoms with Crippen LogP contribution in [0.2, 0.25) is 0 Å². The van der Waals surface area contributed by atoms with E-state index in [1.165, 1.54) is 0 Å². The third-order valence-electron chi connectivity index (χ3n) is 1.52. The molecular weight excluding hydrogens is 282 g/mol. The van der Waals surface area contributed by atoms with Crippen LogP contribution in [0.3, 0.4) is 0 Å². The number of hydrogen-bond donors (Lipinski definition) is 3. The van der Waals surface area contributed by atoms with Gasteiger partial charge in [0.25, 0.3) is 0 Å². The number of primary amides is 1. The van der Waals surface area contributed by atoms with Crippen LogP contribution in [0.1, 0.15) is 4.88 Å². The van der Waals surface area contributed by atoms with Crippen LogP contribution in [0.25, 0.3) is 0 Å². The molecule has 1 aromatic heterocycles. The number of carbonyl (C=O) groups is 2. The molecule has 4 N–H and O–H groups in total. The van der Waals surface area contributed by atoms with E-state index < -0.39 is 11.9 Å². The zero-order valence-corrected chi connectivity index (χ0v) is 10.2. The van der Waals surface area contributed by atoms with Gasteiger partial charge in [-0.25, -0.2) is 4.79 Å². The molecule has 5 nitrogen and oxygen atoms in total. The van der Waals surface area contributed by atoms with Gasteiger partial charge in [-0.05, 0) is 27.4 Å². The predicted molar refractivity (Wildman–Crippen MR) is 61.5 cm³/mol. The van der Waals surface area contributed by atoms with Crippen LogP contribution in [-0.2, 0) is 11.3 Å². The van der Waals surface area contributed by atoms with Gasteiger partial charge in [-0.3, -0.25) is 10.1 Å². The van der Waals surface area contributed by atoms with Crippen LogP contribution in [0.15, 0.2) is 15.9 Å². The van der Waals surface area contributed by atoms with E-state index in [-0.39, 0.29) is 6.54 Å². The van der Waals surface area contributed by atoms with E-state index >= 15 is 0 Å². The van der Waals surface area contributed by atoms with Gasteiger partial charge in [-0.1, -0.05) is 0 Å². The quantitative estimate of drug-likeness (QED) is 0.767. The van der Waals surface area contributed by atoms with E-state index in [1.807, 2.05) is 16.8 Å². The monoisotopic (exact) mass is 291 g/mol. The highest BCUT2D eigenvalue weighted by Gasteiger charge is 2.04. The zero-order valence-electron chi connectivity index (χ0n) is 7.75. The summed E-state index contributed by atoms with van der Waals surface area (Å²) in [6.07, 6.45) is 0. The molecule has 0 aliphatic heterocycles. The molecule has 0 aromatic carbocycles. The summed E-state index contributed by atoms with van der Waals surface area (Å²) in [4.78, 5) is 22.4. The Morgan fingerprint density at radius 1 is 1.53 bits per heavy atom. The number of carbonyl (C=O) groups excluding carboxylic acids is 2. The second-order valence-corrected chi connectivity index (χ2v) is 4.56. The average Bonchev–Trinajstić information content (AvgIpc) is 2.50. The van der Waals surface area contributed by atoms with E-state index in [0.717, 1.165) is 9.35 Å². The number of imide groups is 1. The lowest BCUT2D eigenvalue weighted by Crippen LogP contribution is -2.40. The Morgan fingerprint density at radius 2 is 2.27 bits per heavy atom. The lowest BCUT2D eigenvalue weighted by atomic mass is 10.4. The molecule has 3 amide bonds. The molecule has 0 spiro atoms. The van der Waals surface area contributed by atoms with Gasteiger partial charge in [0.05, 0.1) is 6.54 Å². The van der Waals surface area contributed by atoms with Crippen LogP contribution < -0.4 is 16.4 Å². The predicted octanol–water partition coefficient (Wildman–Crippen LogP) is 0.795. The fraction of sp³-hybridized carbons (Fsp3) is 0.250. The standard InChI is InChI=1S/C8H10BrN3O2S/c9-5-1-2-15-6(5)3-11-4-7(13)12-8(10)14/h1-2,11H,3-4H2,(H3,10,12,13,14). The van der Waals surface area contributed by atoms with E-state index in [9.17, 15) is 9.59 Å². The van der Waals surface area contributed by atoms with Crippen molar-refractivity contribution in [2.24, 2.45) is 5.73 Å². The SMILES string of the molecule is NC(=O)NC(=O)CNCc1sccc1Br. The number of halogens is 1. The maximum atomic E-state index is 11.0. The molecule has 0 radical (unpaired) electrons. The Labute approximate surface area is 99.2 Å². The van der Waals surface area contributed by atoms with E-state index in [1.54, 1.807) is 11.3 Å². The highest BCUT2D eigenvalue weighted by Crippen LogP contribution is 2.21. The maximum absolute atomic E-state index is 11.0. The van der Waals surface area contributed by atoms with Crippen LogP contribution in [0.5, 0.6) is 0 Å². The first-order valence-electron chi connectivity index (χ1n) is 4.11. The first kappa shape index (κ1) is 12.2. The Balaban J connectivity index is 2.25. The van der Waals surface area contributed by atoms with Gasteiger partial charge >= 0.3 is 6.03 Å². The molecule has 0 fully saturated rings. The normalized spacial score (nSPS) is 9.93. The first-order chi connectivity index (χ1) is 7.09. The number of hydrogen-bond acceptors (Lipinski definition) is 4. The fourth-order valence-electron chi connectivity index (χ4n) is 0.922. The molecule has 0 saturated carbocycles. The molecule has 0 unspecified atom stereocenters. The van der Waals surface area contributed by atoms with Crippen molar-refractivity contribution in [3.63, 3.8) is 0 Å². The van der Waals surface area contributed by atoms with Crippen molar-refractivity contribution < 1.29 is 9.59 Å². The molecule has 82 valence electrons. The molecule has 0 saturated heterocycles. The molecule has 1 rings (SSSR count). The van der Waals surface area contributed by atoms with Gasteiger partial charge in [0, 0.05) is 15.9 Å². The number of thiophene rings is 1. The number of urea groups is 1. The molecule has 1 aromatic rings. The molecule has 0 atom stereocenters. The zero-order chi connectivity index (χ0) is 11.3. The van der Waals surface area contributed by atoms with Crippen LogP contribution in [0.4, 0.5) is 4.79 Å². The van der Waals surface area contributed by atoms with Gasteiger partial charge in [-0.15, -0.1) is 11.3 Å². The summed E-state index contributed by atoms with van der Waals surface area (Å²) in [7, 11) is 0. The minimum Gasteiger partial charge on any atom is -0.351 e. The summed E-state index contributed by atoms with van der Waals surface area (Å²) < 4.78 is 1.01. The summed E-state index contributed by atoms with van der Waals surface area (Å²) in [5, 5.41) is 6.81. The summed E-state index contributed by atoms with van der Waals surface area (Å²) in [6, 6.07) is 1.10. The number of rotatable bonds is 4. The summed E-state index contributed by atoms with van der Waals surface area (Å²) in [5.74, 6) is -0.435. The summed E-state index contributed by atoms with van der Waals surface area (Å²) >= 11 is 4.95. The van der Waals surface area contributed by atoms with Crippen molar-refractivity contribution in [2.45, 2.75) is 6.54 Å². The topological polar surface area (TPSA) is 84.2 Å². The third kappa shape index (κ3) is 4.41. The van der Waals surface area contributed by atoms with Gasteiger partial charge in [0.15, 0.2) is 0 Å². The number of nitrogens with one attached hydrogen (secondary N) is 2. The first-order valence-corrected chi connectivity index (χ1v) is 5.78. The molecule has 0 bridgehead atoms. The van der Waals surface area contributed by atoms with Crippen LogP contribution in [0, 0.1) is 0 Å². The van der Waals surface area contributed by atoms with Gasteiger partial charge in [0.2, 0.25) is 5.91 Å². The van der Waals surface area contributed by atoms with Gasteiger partial charge < -0.3 is 11.1 Å². The van der Waals surface area contributed by atoms with Crippen LogP contribution in [-0.4, -0.2) is 18.5 Å². The highest BCUT2D eigenvalue weighted by atomic mass is 79.9. The Kier molecular flexibility index (Phi) is 4.73. The minimum absolute atomic E-state index is 0.0628. The number of amides is 3. The van der Waals surface area contributed by atoms with E-state index in [4.69, 9.17) is 5.73 Å². The van der Waals surface area contributed by atoms with Crippen LogP contribution >= 0.6 is 27.3 Å². The van der Waals surface area contributed by atoms with Gasteiger partial charge in [0.1, 0.15) is 0 Å². The summed E-state index contributed by atoms with van der Waals surface area (Å²) in [5.41, 5.74) is 4.78. The smallest absolute Gasteiger partial charge is 0.318 e. The molecule has 0 aliphatic rings. The Morgan fingerprint density at radius 3 is 2.80 bits per heavy atom. The molecule has 7 heteroatoms. The minimum atomic E-state index is -0.834. The third-order valence-corrected chi connectivity index (χ3v) is 3.45. The van der Waals surface area contributed by atoms with Gasteiger partial charge in [-0.2, -0.15) is 0 Å². The summed E-state index contributed by atoms with van der Waals surface area (Å²) in [6.45, 7) is 0.637. The van der Waals surface area contributed by atoms with Crippen molar-refractivity contribution in [3.05, 3.63) is 20.8 Å². The van der Waals surface area contributed by atoms with Crippen molar-refractivity contribution in [3.8, 4) is 0 Å². The molecule has 0 aliphatic carbocycles. The molecule has 1 heterocycles. The highest BCUT2D eigenvalue weighted by molar-refractivity contribution is 9.10. The van der Waals surface area contributed by atoms with E-state index in [2.05, 4.69) is 21.2 Å². The Bertz CT molecular complexity index is 367. The lowest BCUT2D eigenvalue weighted by molar-refractivity contribution is -0.119. The molecular formula is C8H10BrN3O2S. The van der Waals surface area contributed by atoms with Crippen molar-refractivity contribution in [1.29, 1.82) is 0 Å². The lowest BCUT2D eigenvalue weighted by Gasteiger charge is -2.02. The maximum Gasteiger partial charge on any atom is 0.318 e.